The number of carbonyl (C=O) groups excluding carboxylic acids is 1. The maximum atomic E-state index is 12.9. The molecule has 4 rings (SSSR count). The second-order valence-corrected chi connectivity index (χ2v) is 8.40. The van der Waals surface area contributed by atoms with Crippen LogP contribution in [-0.2, 0) is 22.4 Å². The van der Waals surface area contributed by atoms with Crippen LogP contribution in [0, 0.1) is 5.92 Å². The number of rotatable bonds is 8. The molecule has 1 aromatic heterocycles. The first kappa shape index (κ1) is 20.4. The van der Waals surface area contributed by atoms with Gasteiger partial charge < -0.3 is 15.3 Å². The quantitative estimate of drug-likeness (QED) is 0.700. The van der Waals surface area contributed by atoms with Crippen LogP contribution in [0.25, 0.3) is 0 Å². The zero-order valence-corrected chi connectivity index (χ0v) is 17.2. The Balaban J connectivity index is 1.25. The van der Waals surface area contributed by atoms with E-state index < -0.39 is 11.9 Å². The third kappa shape index (κ3) is 4.81. The molecule has 2 aliphatic rings. The van der Waals surface area contributed by atoms with E-state index in [0.717, 1.165) is 62.4 Å². The van der Waals surface area contributed by atoms with E-state index in [1.807, 2.05) is 35.2 Å². The summed E-state index contributed by atoms with van der Waals surface area (Å²) >= 11 is 0. The Morgan fingerprint density at radius 3 is 2.73 bits per heavy atom. The third-order valence-corrected chi connectivity index (χ3v) is 6.14. The number of likely N-dealkylation sites (tertiary alicyclic amines) is 1. The van der Waals surface area contributed by atoms with Crippen molar-refractivity contribution in [3.8, 4) is 0 Å². The van der Waals surface area contributed by atoms with Crippen LogP contribution < -0.4 is 5.32 Å². The molecule has 0 saturated carbocycles. The van der Waals surface area contributed by atoms with Gasteiger partial charge >= 0.3 is 5.97 Å². The standard InChI is InChI=1S/C24H29N3O3/c28-22(29)14-21(18-7-2-1-3-8-18)24(30)27-15-17(16-27)6-4-10-20-12-11-19-9-5-13-25-23(19)26-20/h1-3,7-8,11-12,17,21H,4-6,9-10,13-16H2,(H,25,26)(H,28,29)/t21-/m0/s1. The fourth-order valence-electron chi connectivity index (χ4n) is 4.44. The van der Waals surface area contributed by atoms with Crippen molar-refractivity contribution in [3.63, 3.8) is 0 Å². The number of benzene rings is 1. The molecule has 6 nitrogen and oxygen atoms in total. The molecule has 30 heavy (non-hydrogen) atoms. The number of aromatic nitrogens is 1. The van der Waals surface area contributed by atoms with E-state index in [1.54, 1.807) is 0 Å². The lowest BCUT2D eigenvalue weighted by molar-refractivity contribution is -0.145. The maximum absolute atomic E-state index is 12.9. The lowest BCUT2D eigenvalue weighted by atomic mass is 9.88. The van der Waals surface area contributed by atoms with Crippen LogP contribution in [0.3, 0.4) is 0 Å². The zero-order valence-electron chi connectivity index (χ0n) is 17.2. The van der Waals surface area contributed by atoms with Crippen LogP contribution in [0.4, 0.5) is 5.82 Å². The predicted octanol–water partition coefficient (Wildman–Crippen LogP) is 3.48. The second kappa shape index (κ2) is 9.28. The first-order valence-electron chi connectivity index (χ1n) is 10.9. The van der Waals surface area contributed by atoms with E-state index in [1.165, 1.54) is 12.0 Å². The van der Waals surface area contributed by atoms with Crippen molar-refractivity contribution in [2.45, 2.75) is 44.4 Å². The summed E-state index contributed by atoms with van der Waals surface area (Å²) in [6, 6.07) is 13.6. The fraction of sp³-hybridized carbons (Fsp3) is 0.458. The minimum atomic E-state index is -0.943. The lowest BCUT2D eigenvalue weighted by Gasteiger charge is -2.41. The minimum Gasteiger partial charge on any atom is -0.481 e. The van der Waals surface area contributed by atoms with Crippen molar-refractivity contribution < 1.29 is 14.7 Å². The molecular formula is C24H29N3O3. The summed E-state index contributed by atoms with van der Waals surface area (Å²) in [5.74, 6) is -0.0732. The molecule has 0 radical (unpaired) electrons. The van der Waals surface area contributed by atoms with Crippen LogP contribution in [0.5, 0.6) is 0 Å². The van der Waals surface area contributed by atoms with Gasteiger partial charge in [-0.25, -0.2) is 4.98 Å². The van der Waals surface area contributed by atoms with E-state index in [-0.39, 0.29) is 12.3 Å². The average Bonchev–Trinajstić information content (AvgIpc) is 2.73. The summed E-state index contributed by atoms with van der Waals surface area (Å²) in [7, 11) is 0. The highest BCUT2D eigenvalue weighted by Gasteiger charge is 2.35. The van der Waals surface area contributed by atoms with Crippen LogP contribution in [-0.4, -0.2) is 46.5 Å². The summed E-state index contributed by atoms with van der Waals surface area (Å²) in [5, 5.41) is 12.6. The van der Waals surface area contributed by atoms with Crippen LogP contribution in [0.15, 0.2) is 42.5 Å². The Hall–Kier alpha value is -2.89. The van der Waals surface area contributed by atoms with Gasteiger partial charge in [-0.1, -0.05) is 36.4 Å². The SMILES string of the molecule is O=C(O)C[C@H](C(=O)N1CC(CCCc2ccc3c(n2)NCCC3)C1)c1ccccc1. The molecule has 158 valence electrons. The van der Waals surface area contributed by atoms with E-state index >= 15 is 0 Å². The van der Waals surface area contributed by atoms with E-state index in [0.29, 0.717) is 5.92 Å². The number of hydrogen-bond acceptors (Lipinski definition) is 4. The number of nitrogens with one attached hydrogen (secondary N) is 1. The summed E-state index contributed by atoms with van der Waals surface area (Å²) in [4.78, 5) is 30.7. The molecule has 0 aliphatic carbocycles. The topological polar surface area (TPSA) is 82.5 Å². The molecule has 1 atom stereocenters. The van der Waals surface area contributed by atoms with Crippen molar-refractivity contribution in [1.82, 2.24) is 9.88 Å². The number of carbonyl (C=O) groups is 2. The number of amides is 1. The molecule has 2 aromatic rings. The highest BCUT2D eigenvalue weighted by atomic mass is 16.4. The van der Waals surface area contributed by atoms with E-state index in [9.17, 15) is 14.7 Å². The van der Waals surface area contributed by atoms with Gasteiger partial charge in [-0.3, -0.25) is 9.59 Å². The molecule has 2 N–H and O–H groups in total. The molecule has 6 heteroatoms. The summed E-state index contributed by atoms with van der Waals surface area (Å²) in [6.07, 6.45) is 5.17. The molecule has 0 bridgehead atoms. The third-order valence-electron chi connectivity index (χ3n) is 6.14. The van der Waals surface area contributed by atoms with Gasteiger partial charge in [-0.2, -0.15) is 0 Å². The Morgan fingerprint density at radius 2 is 1.97 bits per heavy atom. The highest BCUT2D eigenvalue weighted by molar-refractivity contribution is 5.88. The molecule has 3 heterocycles. The number of aryl methyl sites for hydroxylation is 2. The number of pyridine rings is 1. The van der Waals surface area contributed by atoms with Crippen molar-refractivity contribution >= 4 is 17.7 Å². The van der Waals surface area contributed by atoms with Crippen molar-refractivity contribution in [1.29, 1.82) is 0 Å². The predicted molar refractivity (Wildman–Crippen MR) is 115 cm³/mol. The van der Waals surface area contributed by atoms with Gasteiger partial charge in [-0.15, -0.1) is 0 Å². The minimum absolute atomic E-state index is 0.0673. The molecule has 1 amide bonds. The Bertz CT molecular complexity index is 894. The summed E-state index contributed by atoms with van der Waals surface area (Å²) in [5.41, 5.74) is 3.22. The molecule has 1 saturated heterocycles. The first-order valence-corrected chi connectivity index (χ1v) is 10.9. The molecular weight excluding hydrogens is 378 g/mol. The van der Waals surface area contributed by atoms with Crippen LogP contribution in [0.2, 0.25) is 0 Å². The lowest BCUT2D eigenvalue weighted by Crippen LogP contribution is -2.51. The maximum Gasteiger partial charge on any atom is 0.304 e. The van der Waals surface area contributed by atoms with Gasteiger partial charge in [0.2, 0.25) is 5.91 Å². The number of fused-ring (bicyclic) bond motifs is 1. The van der Waals surface area contributed by atoms with Gasteiger partial charge in [0.25, 0.3) is 0 Å². The van der Waals surface area contributed by atoms with Crippen LogP contribution >= 0.6 is 0 Å². The largest absolute Gasteiger partial charge is 0.481 e. The molecule has 2 aliphatic heterocycles. The van der Waals surface area contributed by atoms with Crippen molar-refractivity contribution in [2.24, 2.45) is 5.92 Å². The smallest absolute Gasteiger partial charge is 0.304 e. The van der Waals surface area contributed by atoms with Gasteiger partial charge in [-0.05, 0) is 55.2 Å². The molecule has 0 spiro atoms. The first-order chi connectivity index (χ1) is 14.6. The summed E-state index contributed by atoms with van der Waals surface area (Å²) in [6.45, 7) is 2.45. The molecule has 1 aromatic carbocycles. The number of carboxylic acid groups (broad SMARTS) is 1. The normalized spacial score (nSPS) is 16.9. The number of nitrogens with zero attached hydrogens (tertiary/aromatic N) is 2. The van der Waals surface area contributed by atoms with Crippen LogP contribution in [0.1, 0.15) is 48.4 Å². The number of anilines is 1. The number of hydrogen-bond donors (Lipinski definition) is 2. The van der Waals surface area contributed by atoms with E-state index in [4.69, 9.17) is 4.98 Å². The van der Waals surface area contributed by atoms with Gasteiger partial charge in [0.1, 0.15) is 5.82 Å². The van der Waals surface area contributed by atoms with Crippen molar-refractivity contribution in [3.05, 3.63) is 59.3 Å². The highest BCUT2D eigenvalue weighted by Crippen LogP contribution is 2.29. The Labute approximate surface area is 177 Å². The Kier molecular flexibility index (Phi) is 6.31. The van der Waals surface area contributed by atoms with Gasteiger partial charge in [0, 0.05) is 25.3 Å². The monoisotopic (exact) mass is 407 g/mol. The zero-order chi connectivity index (χ0) is 20.9. The Morgan fingerprint density at radius 1 is 1.17 bits per heavy atom. The number of aliphatic carboxylic acids is 1. The summed E-state index contributed by atoms with van der Waals surface area (Å²) < 4.78 is 0. The van der Waals surface area contributed by atoms with E-state index in [2.05, 4.69) is 17.4 Å². The van der Waals surface area contributed by atoms with Gasteiger partial charge in [0.05, 0.1) is 12.3 Å². The average molecular weight is 408 g/mol. The number of carboxylic acids is 1. The molecule has 0 unspecified atom stereocenters. The second-order valence-electron chi connectivity index (χ2n) is 8.40. The van der Waals surface area contributed by atoms with Crippen molar-refractivity contribution in [2.75, 3.05) is 25.0 Å². The van der Waals surface area contributed by atoms with Gasteiger partial charge in [0.15, 0.2) is 0 Å². The fourth-order valence-corrected chi connectivity index (χ4v) is 4.44. The molecule has 1 fully saturated rings.